The van der Waals surface area contributed by atoms with Gasteiger partial charge in [-0.25, -0.2) is 0 Å². The van der Waals surface area contributed by atoms with Gasteiger partial charge in [-0.2, -0.15) is 0 Å². The summed E-state index contributed by atoms with van der Waals surface area (Å²) >= 11 is 0. The molecule has 2 N–H and O–H groups in total. The van der Waals surface area contributed by atoms with Crippen molar-refractivity contribution in [1.29, 1.82) is 0 Å². The molecule has 0 saturated heterocycles. The van der Waals surface area contributed by atoms with E-state index in [4.69, 9.17) is 18.6 Å². The summed E-state index contributed by atoms with van der Waals surface area (Å²) < 4.78 is 20.9. The summed E-state index contributed by atoms with van der Waals surface area (Å²) in [7, 11) is 4.15. The lowest BCUT2D eigenvalue weighted by atomic mass is 10.0. The highest BCUT2D eigenvalue weighted by Crippen LogP contribution is 2.42. The van der Waals surface area contributed by atoms with Crippen molar-refractivity contribution in [3.05, 3.63) is 40.8 Å². The third kappa shape index (κ3) is 2.59. The average Bonchev–Trinajstić information content (AvgIpc) is 2.60. The van der Waals surface area contributed by atoms with Crippen molar-refractivity contribution in [2.24, 2.45) is 0 Å². The molecule has 0 aliphatic heterocycles. The Kier molecular flexibility index (Phi) is 4.14. The Morgan fingerprint density at radius 3 is 2.24 bits per heavy atom. The molecule has 0 saturated carbocycles. The molecule has 7 nitrogen and oxygen atoms in total. The fourth-order valence-electron chi connectivity index (χ4n) is 2.67. The summed E-state index contributed by atoms with van der Waals surface area (Å²) in [5, 5.41) is 20.0. The largest absolute Gasteiger partial charge is 0.504 e. The minimum absolute atomic E-state index is 0.0389. The molecule has 3 rings (SSSR count). The van der Waals surface area contributed by atoms with Crippen LogP contribution in [0.3, 0.4) is 0 Å². The van der Waals surface area contributed by atoms with Gasteiger partial charge in [0.2, 0.25) is 11.2 Å². The molecule has 3 aromatic rings. The molecule has 0 radical (unpaired) electrons. The summed E-state index contributed by atoms with van der Waals surface area (Å²) in [6.45, 7) is 0. The predicted molar refractivity (Wildman–Crippen MR) is 90.9 cm³/mol. The Bertz CT molecular complexity index is 1000. The van der Waals surface area contributed by atoms with Crippen molar-refractivity contribution in [3.63, 3.8) is 0 Å². The third-order valence-electron chi connectivity index (χ3n) is 3.85. The highest BCUT2D eigenvalue weighted by molar-refractivity contribution is 5.91. The molecular formula is C18H16O7. The summed E-state index contributed by atoms with van der Waals surface area (Å²) in [5.41, 5.74) is 0.433. The summed E-state index contributed by atoms with van der Waals surface area (Å²) in [6.07, 6.45) is 1.26. The van der Waals surface area contributed by atoms with Gasteiger partial charge in [-0.3, -0.25) is 4.79 Å². The second-order valence-corrected chi connectivity index (χ2v) is 5.20. The van der Waals surface area contributed by atoms with E-state index < -0.39 is 0 Å². The lowest BCUT2D eigenvalue weighted by molar-refractivity contribution is 0.335. The van der Waals surface area contributed by atoms with E-state index in [9.17, 15) is 15.0 Å². The Balaban J connectivity index is 2.32. The lowest BCUT2D eigenvalue weighted by Gasteiger charge is -2.12. The zero-order chi connectivity index (χ0) is 18.1. The zero-order valence-corrected chi connectivity index (χ0v) is 13.8. The van der Waals surface area contributed by atoms with Crippen LogP contribution in [0, 0.1) is 0 Å². The maximum absolute atomic E-state index is 13.0. The Morgan fingerprint density at radius 1 is 0.920 bits per heavy atom. The van der Waals surface area contributed by atoms with E-state index in [1.807, 2.05) is 0 Å². The summed E-state index contributed by atoms with van der Waals surface area (Å²) in [6, 6.07) is 5.86. The van der Waals surface area contributed by atoms with Gasteiger partial charge in [0, 0.05) is 6.07 Å². The number of ether oxygens (including phenoxy) is 3. The summed E-state index contributed by atoms with van der Waals surface area (Å²) in [5.74, 6) is 0.0977. The van der Waals surface area contributed by atoms with Crippen molar-refractivity contribution < 1.29 is 28.8 Å². The number of hydrogen-bond donors (Lipinski definition) is 2. The topological polar surface area (TPSA) is 98.4 Å². The molecule has 2 aromatic carbocycles. The van der Waals surface area contributed by atoms with E-state index in [-0.39, 0.29) is 50.7 Å². The Morgan fingerprint density at radius 2 is 1.64 bits per heavy atom. The van der Waals surface area contributed by atoms with Crippen LogP contribution in [0.25, 0.3) is 22.1 Å². The molecule has 0 bridgehead atoms. The van der Waals surface area contributed by atoms with E-state index in [2.05, 4.69) is 0 Å². The van der Waals surface area contributed by atoms with Crippen LogP contribution < -0.4 is 19.6 Å². The molecule has 0 unspecified atom stereocenters. The van der Waals surface area contributed by atoms with Crippen molar-refractivity contribution in [2.45, 2.75) is 0 Å². The van der Waals surface area contributed by atoms with Gasteiger partial charge in [0.05, 0.1) is 26.9 Å². The van der Waals surface area contributed by atoms with E-state index in [1.165, 1.54) is 39.7 Å². The van der Waals surface area contributed by atoms with Crippen LogP contribution in [0.4, 0.5) is 0 Å². The molecule has 0 fully saturated rings. The molecule has 0 amide bonds. The highest BCUT2D eigenvalue weighted by atomic mass is 16.5. The monoisotopic (exact) mass is 344 g/mol. The zero-order valence-electron chi connectivity index (χ0n) is 13.8. The van der Waals surface area contributed by atoms with Gasteiger partial charge < -0.3 is 28.8 Å². The van der Waals surface area contributed by atoms with Crippen LogP contribution in [0.5, 0.6) is 28.7 Å². The van der Waals surface area contributed by atoms with Crippen LogP contribution in [-0.4, -0.2) is 31.5 Å². The molecule has 1 aromatic heterocycles. The van der Waals surface area contributed by atoms with Crippen molar-refractivity contribution in [1.82, 2.24) is 0 Å². The smallest absolute Gasteiger partial charge is 0.204 e. The van der Waals surface area contributed by atoms with Gasteiger partial charge in [0.15, 0.2) is 23.0 Å². The van der Waals surface area contributed by atoms with Crippen molar-refractivity contribution in [2.75, 3.05) is 21.3 Å². The number of methoxy groups -OCH3 is 3. The van der Waals surface area contributed by atoms with E-state index in [0.29, 0.717) is 5.56 Å². The minimum atomic E-state index is -0.388. The minimum Gasteiger partial charge on any atom is -0.504 e. The second-order valence-electron chi connectivity index (χ2n) is 5.20. The quantitative estimate of drug-likeness (QED) is 0.751. The van der Waals surface area contributed by atoms with Crippen LogP contribution in [-0.2, 0) is 0 Å². The first-order chi connectivity index (χ1) is 12.0. The maximum Gasteiger partial charge on any atom is 0.204 e. The first-order valence-corrected chi connectivity index (χ1v) is 7.28. The van der Waals surface area contributed by atoms with Crippen LogP contribution in [0.15, 0.2) is 39.7 Å². The average molecular weight is 344 g/mol. The van der Waals surface area contributed by atoms with E-state index in [1.54, 1.807) is 12.1 Å². The fraction of sp³-hybridized carbons (Fsp3) is 0.167. The number of aromatic hydroxyl groups is 2. The van der Waals surface area contributed by atoms with Crippen molar-refractivity contribution >= 4 is 11.0 Å². The third-order valence-corrected chi connectivity index (χ3v) is 3.85. The first-order valence-electron chi connectivity index (χ1n) is 7.28. The number of fused-ring (bicyclic) bond motifs is 1. The summed E-state index contributed by atoms with van der Waals surface area (Å²) in [4.78, 5) is 13.0. The number of phenolic OH excluding ortho intramolecular Hbond substituents is 2. The molecule has 1 heterocycles. The molecule has 130 valence electrons. The number of hydrogen-bond acceptors (Lipinski definition) is 7. The molecule has 0 aliphatic carbocycles. The Labute approximate surface area is 142 Å². The van der Waals surface area contributed by atoms with Crippen LogP contribution in [0.1, 0.15) is 0 Å². The molecule has 0 spiro atoms. The van der Waals surface area contributed by atoms with Gasteiger partial charge >= 0.3 is 0 Å². The predicted octanol–water partition coefficient (Wildman–Crippen LogP) is 2.90. The Hall–Kier alpha value is -3.35. The molecule has 0 aliphatic rings. The molecule has 0 atom stereocenters. The fourth-order valence-corrected chi connectivity index (χ4v) is 2.67. The SMILES string of the molecule is COc1ccc(-c2coc3cc(O)c(OC)c(OC)c3c2=O)cc1O. The highest BCUT2D eigenvalue weighted by Gasteiger charge is 2.21. The van der Waals surface area contributed by atoms with Gasteiger partial charge in [0.25, 0.3) is 0 Å². The standard InChI is InChI=1S/C18H16O7/c1-22-13-5-4-9(6-11(13)19)10-8-25-14-7-12(20)17(23-2)18(24-3)15(14)16(10)21/h4-8,19-20H,1-3H3. The maximum atomic E-state index is 13.0. The van der Waals surface area contributed by atoms with Gasteiger partial charge in [-0.15, -0.1) is 0 Å². The van der Waals surface area contributed by atoms with Crippen molar-refractivity contribution in [3.8, 4) is 39.9 Å². The van der Waals surface area contributed by atoms with E-state index >= 15 is 0 Å². The van der Waals surface area contributed by atoms with E-state index in [0.717, 1.165) is 0 Å². The van der Waals surface area contributed by atoms with Gasteiger partial charge in [-0.1, -0.05) is 6.07 Å². The lowest BCUT2D eigenvalue weighted by Crippen LogP contribution is -2.07. The molecule has 25 heavy (non-hydrogen) atoms. The second kappa shape index (κ2) is 6.27. The molecular weight excluding hydrogens is 328 g/mol. The number of benzene rings is 2. The number of rotatable bonds is 4. The number of phenols is 2. The first kappa shape index (κ1) is 16.5. The normalized spacial score (nSPS) is 10.7. The van der Waals surface area contributed by atoms with Crippen LogP contribution >= 0.6 is 0 Å². The van der Waals surface area contributed by atoms with Gasteiger partial charge in [0.1, 0.15) is 17.2 Å². The van der Waals surface area contributed by atoms with Crippen LogP contribution in [0.2, 0.25) is 0 Å². The van der Waals surface area contributed by atoms with Gasteiger partial charge in [-0.05, 0) is 17.7 Å². The molecule has 7 heteroatoms.